The predicted molar refractivity (Wildman–Crippen MR) is 88.3 cm³/mol. The summed E-state index contributed by atoms with van der Waals surface area (Å²) in [7, 11) is 0. The molecule has 0 radical (unpaired) electrons. The van der Waals surface area contributed by atoms with Gasteiger partial charge in [0.2, 0.25) is 0 Å². The van der Waals surface area contributed by atoms with Gasteiger partial charge in [0.15, 0.2) is 5.82 Å². The van der Waals surface area contributed by atoms with E-state index in [1.165, 1.54) is 12.1 Å². The molecule has 0 saturated carbocycles. The fraction of sp³-hybridized carbons (Fsp3) is 0.222. The largest absolute Gasteiger partial charge is 0.367 e. The quantitative estimate of drug-likeness (QED) is 0.761. The minimum Gasteiger partial charge on any atom is -0.367 e. The van der Waals surface area contributed by atoms with E-state index in [-0.39, 0.29) is 5.82 Å². The van der Waals surface area contributed by atoms with Gasteiger partial charge in [0.1, 0.15) is 11.6 Å². The number of fused-ring (bicyclic) bond motifs is 1. The summed E-state index contributed by atoms with van der Waals surface area (Å²) in [6, 6.07) is 14.5. The Morgan fingerprint density at radius 3 is 2.50 bits per heavy atom. The fourth-order valence-electron chi connectivity index (χ4n) is 2.25. The molecule has 0 spiro atoms. The summed E-state index contributed by atoms with van der Waals surface area (Å²) >= 11 is 0. The Hall–Kier alpha value is -2.49. The van der Waals surface area contributed by atoms with Gasteiger partial charge in [0.25, 0.3) is 0 Å². The van der Waals surface area contributed by atoms with Crippen LogP contribution in [0, 0.1) is 5.82 Å². The van der Waals surface area contributed by atoms with E-state index in [1.54, 1.807) is 12.1 Å². The van der Waals surface area contributed by atoms with Crippen LogP contribution in [-0.4, -0.2) is 16.0 Å². The molecule has 1 unspecified atom stereocenters. The molecule has 0 saturated heterocycles. The molecule has 1 N–H and O–H groups in total. The van der Waals surface area contributed by atoms with E-state index in [0.29, 0.717) is 11.9 Å². The summed E-state index contributed by atoms with van der Waals surface area (Å²) in [6.45, 7) is 4.25. The van der Waals surface area contributed by atoms with E-state index in [2.05, 4.69) is 29.1 Å². The number of nitrogens with one attached hydrogen (secondary N) is 1. The van der Waals surface area contributed by atoms with Crippen LogP contribution in [-0.2, 0) is 0 Å². The third-order valence-electron chi connectivity index (χ3n) is 3.70. The van der Waals surface area contributed by atoms with Crippen molar-refractivity contribution in [3.63, 3.8) is 0 Å². The molecule has 4 heteroatoms. The molecule has 2 aromatic carbocycles. The first-order chi connectivity index (χ1) is 10.7. The van der Waals surface area contributed by atoms with Crippen LogP contribution < -0.4 is 5.32 Å². The van der Waals surface area contributed by atoms with Gasteiger partial charge in [-0.3, -0.25) is 0 Å². The highest BCUT2D eigenvalue weighted by molar-refractivity contribution is 5.90. The lowest BCUT2D eigenvalue weighted by atomic mass is 10.1. The Bertz CT molecular complexity index is 784. The van der Waals surface area contributed by atoms with E-state index in [0.717, 1.165) is 28.7 Å². The second kappa shape index (κ2) is 6.10. The second-order valence-electron chi connectivity index (χ2n) is 5.37. The second-order valence-corrected chi connectivity index (χ2v) is 5.37. The minimum absolute atomic E-state index is 0.262. The number of halogens is 1. The van der Waals surface area contributed by atoms with Crippen molar-refractivity contribution in [1.82, 2.24) is 9.97 Å². The normalized spacial score (nSPS) is 12.3. The molecule has 3 nitrogen and oxygen atoms in total. The van der Waals surface area contributed by atoms with Gasteiger partial charge in [-0.25, -0.2) is 14.4 Å². The van der Waals surface area contributed by atoms with Crippen molar-refractivity contribution < 1.29 is 4.39 Å². The topological polar surface area (TPSA) is 37.8 Å². The Morgan fingerprint density at radius 2 is 1.77 bits per heavy atom. The number of benzene rings is 2. The zero-order chi connectivity index (χ0) is 15.5. The molecule has 3 rings (SSSR count). The van der Waals surface area contributed by atoms with Crippen molar-refractivity contribution in [2.24, 2.45) is 0 Å². The Kier molecular flexibility index (Phi) is 4.00. The van der Waals surface area contributed by atoms with Crippen LogP contribution in [0.3, 0.4) is 0 Å². The molecular formula is C18H18FN3. The van der Waals surface area contributed by atoms with E-state index in [4.69, 9.17) is 0 Å². The number of para-hydroxylation sites is 1. The first kappa shape index (κ1) is 14.4. The Balaban J connectivity index is 2.13. The molecule has 0 fully saturated rings. The third kappa shape index (κ3) is 2.91. The van der Waals surface area contributed by atoms with Crippen molar-refractivity contribution in [3.05, 3.63) is 54.3 Å². The highest BCUT2D eigenvalue weighted by Crippen LogP contribution is 2.25. The van der Waals surface area contributed by atoms with Crippen LogP contribution in [0.15, 0.2) is 48.5 Å². The lowest BCUT2D eigenvalue weighted by Crippen LogP contribution is -2.15. The van der Waals surface area contributed by atoms with Gasteiger partial charge in [0, 0.05) is 17.0 Å². The van der Waals surface area contributed by atoms with Gasteiger partial charge in [-0.15, -0.1) is 0 Å². The third-order valence-corrected chi connectivity index (χ3v) is 3.70. The van der Waals surface area contributed by atoms with Crippen LogP contribution in [0.5, 0.6) is 0 Å². The van der Waals surface area contributed by atoms with Gasteiger partial charge in [-0.1, -0.05) is 19.1 Å². The number of rotatable bonds is 4. The molecule has 22 heavy (non-hydrogen) atoms. The summed E-state index contributed by atoms with van der Waals surface area (Å²) < 4.78 is 13.1. The van der Waals surface area contributed by atoms with Crippen molar-refractivity contribution in [1.29, 1.82) is 0 Å². The molecule has 1 atom stereocenters. The molecule has 3 aromatic rings. The summed E-state index contributed by atoms with van der Waals surface area (Å²) in [5, 5.41) is 4.43. The van der Waals surface area contributed by atoms with Gasteiger partial charge in [-0.2, -0.15) is 0 Å². The molecular weight excluding hydrogens is 277 g/mol. The number of hydrogen-bond donors (Lipinski definition) is 1. The zero-order valence-corrected chi connectivity index (χ0v) is 12.7. The first-order valence-electron chi connectivity index (χ1n) is 7.46. The van der Waals surface area contributed by atoms with E-state index in [1.807, 2.05) is 24.3 Å². The van der Waals surface area contributed by atoms with Crippen molar-refractivity contribution in [2.75, 3.05) is 5.32 Å². The first-order valence-corrected chi connectivity index (χ1v) is 7.46. The molecule has 0 aliphatic carbocycles. The SMILES string of the molecule is CCC(C)Nc1nc(-c2ccc(F)cc2)nc2ccccc12. The number of anilines is 1. The average Bonchev–Trinajstić information content (AvgIpc) is 2.55. The van der Waals surface area contributed by atoms with Gasteiger partial charge in [0.05, 0.1) is 5.52 Å². The molecule has 0 amide bonds. The van der Waals surface area contributed by atoms with Crippen LogP contribution in [0.4, 0.5) is 10.2 Å². The molecule has 112 valence electrons. The monoisotopic (exact) mass is 295 g/mol. The smallest absolute Gasteiger partial charge is 0.162 e. The van der Waals surface area contributed by atoms with Crippen molar-refractivity contribution in [2.45, 2.75) is 26.3 Å². The van der Waals surface area contributed by atoms with Gasteiger partial charge >= 0.3 is 0 Å². The van der Waals surface area contributed by atoms with E-state index in [9.17, 15) is 4.39 Å². The van der Waals surface area contributed by atoms with Crippen LogP contribution >= 0.6 is 0 Å². The lowest BCUT2D eigenvalue weighted by Gasteiger charge is -2.15. The van der Waals surface area contributed by atoms with Gasteiger partial charge < -0.3 is 5.32 Å². The maximum Gasteiger partial charge on any atom is 0.162 e. The minimum atomic E-state index is -0.262. The summed E-state index contributed by atoms with van der Waals surface area (Å²) in [6.07, 6.45) is 1.00. The molecule has 1 aromatic heterocycles. The van der Waals surface area contributed by atoms with Crippen molar-refractivity contribution >= 4 is 16.7 Å². The lowest BCUT2D eigenvalue weighted by molar-refractivity contribution is 0.628. The van der Waals surface area contributed by atoms with E-state index >= 15 is 0 Å². The summed E-state index contributed by atoms with van der Waals surface area (Å²) in [5.41, 5.74) is 1.68. The predicted octanol–water partition coefficient (Wildman–Crippen LogP) is 4.65. The number of hydrogen-bond acceptors (Lipinski definition) is 3. The maximum absolute atomic E-state index is 13.1. The number of aromatic nitrogens is 2. The molecule has 1 heterocycles. The zero-order valence-electron chi connectivity index (χ0n) is 12.7. The van der Waals surface area contributed by atoms with Crippen LogP contribution in [0.25, 0.3) is 22.3 Å². The van der Waals surface area contributed by atoms with Crippen molar-refractivity contribution in [3.8, 4) is 11.4 Å². The van der Waals surface area contributed by atoms with Crippen LogP contribution in [0.1, 0.15) is 20.3 Å². The Labute approximate surface area is 129 Å². The highest BCUT2D eigenvalue weighted by Gasteiger charge is 2.10. The maximum atomic E-state index is 13.1. The fourth-order valence-corrected chi connectivity index (χ4v) is 2.25. The van der Waals surface area contributed by atoms with Gasteiger partial charge in [-0.05, 0) is 49.7 Å². The summed E-state index contributed by atoms with van der Waals surface area (Å²) in [4.78, 5) is 9.24. The van der Waals surface area contributed by atoms with Crippen LogP contribution in [0.2, 0.25) is 0 Å². The molecule has 0 aliphatic rings. The molecule has 0 aliphatic heterocycles. The highest BCUT2D eigenvalue weighted by atomic mass is 19.1. The Morgan fingerprint density at radius 1 is 1.05 bits per heavy atom. The van der Waals surface area contributed by atoms with E-state index < -0.39 is 0 Å². The number of nitrogens with zero attached hydrogens (tertiary/aromatic N) is 2. The summed E-state index contributed by atoms with van der Waals surface area (Å²) in [5.74, 6) is 1.16. The standard InChI is InChI=1S/C18H18FN3/c1-3-12(2)20-18-15-6-4-5-7-16(15)21-17(22-18)13-8-10-14(19)11-9-13/h4-12H,3H2,1-2H3,(H,20,21,22). The average molecular weight is 295 g/mol. The molecule has 0 bridgehead atoms.